The molecule has 1 aliphatic heterocycles. The van der Waals surface area contributed by atoms with Crippen LogP contribution in [0.15, 0.2) is 0 Å². The molecule has 0 saturated carbocycles. The Hall–Kier alpha value is -0.200. The van der Waals surface area contributed by atoms with E-state index in [0.29, 0.717) is 0 Å². The molecule has 1 heterocycles. The fourth-order valence-corrected chi connectivity index (χ4v) is 3.84. The first kappa shape index (κ1) is 21.8. The van der Waals surface area contributed by atoms with Gasteiger partial charge in [0, 0.05) is 0 Å². The van der Waals surface area contributed by atoms with Crippen molar-refractivity contribution in [3.63, 3.8) is 0 Å². The monoisotopic (exact) mass is 346 g/mol. The van der Waals surface area contributed by atoms with Gasteiger partial charge in [0.1, 0.15) is 24.4 Å². The van der Waals surface area contributed by atoms with Crippen molar-refractivity contribution < 1.29 is 24.8 Å². The van der Waals surface area contributed by atoms with Crippen LogP contribution in [-0.2, 0) is 9.47 Å². The van der Waals surface area contributed by atoms with E-state index < -0.39 is 30.5 Å². The summed E-state index contributed by atoms with van der Waals surface area (Å²) in [6, 6.07) is 0. The summed E-state index contributed by atoms with van der Waals surface area (Å²) in [5.41, 5.74) is -0.235. The lowest BCUT2D eigenvalue weighted by Crippen LogP contribution is -2.63. The highest BCUT2D eigenvalue weighted by Gasteiger charge is 2.51. The van der Waals surface area contributed by atoms with Gasteiger partial charge in [-0.05, 0) is 31.1 Å². The lowest BCUT2D eigenvalue weighted by Gasteiger charge is -2.49. The molecule has 5 heteroatoms. The Bertz CT molecular complexity index is 349. The van der Waals surface area contributed by atoms with Crippen LogP contribution in [0.3, 0.4) is 0 Å². The van der Waals surface area contributed by atoms with E-state index in [9.17, 15) is 15.3 Å². The maximum Gasteiger partial charge on any atom is 0.115 e. The van der Waals surface area contributed by atoms with Gasteiger partial charge in [-0.15, -0.1) is 0 Å². The van der Waals surface area contributed by atoms with Crippen molar-refractivity contribution in [2.24, 2.45) is 5.41 Å². The molecule has 0 aliphatic carbocycles. The van der Waals surface area contributed by atoms with Gasteiger partial charge in [-0.25, -0.2) is 0 Å². The van der Waals surface area contributed by atoms with Crippen LogP contribution < -0.4 is 0 Å². The summed E-state index contributed by atoms with van der Waals surface area (Å²) in [7, 11) is 0. The normalized spacial score (nSPS) is 34.8. The van der Waals surface area contributed by atoms with Crippen LogP contribution in [0.1, 0.15) is 73.1 Å². The van der Waals surface area contributed by atoms with E-state index in [1.54, 1.807) is 0 Å². The highest BCUT2D eigenvalue weighted by molar-refractivity contribution is 4.99. The predicted molar refractivity (Wildman–Crippen MR) is 94.9 cm³/mol. The van der Waals surface area contributed by atoms with Gasteiger partial charge < -0.3 is 24.8 Å². The Morgan fingerprint density at radius 2 is 1.75 bits per heavy atom. The van der Waals surface area contributed by atoms with E-state index in [1.807, 2.05) is 6.92 Å². The Kier molecular flexibility index (Phi) is 9.17. The molecule has 1 fully saturated rings. The van der Waals surface area contributed by atoms with Crippen molar-refractivity contribution in [1.82, 2.24) is 0 Å². The maximum atomic E-state index is 10.7. The number of hydrogen-bond donors (Lipinski definition) is 3. The molecule has 24 heavy (non-hydrogen) atoms. The Morgan fingerprint density at radius 3 is 2.21 bits per heavy atom. The maximum absolute atomic E-state index is 10.7. The Labute approximate surface area is 147 Å². The Morgan fingerprint density at radius 1 is 1.08 bits per heavy atom. The smallest absolute Gasteiger partial charge is 0.115 e. The number of aliphatic hydroxyl groups is 3. The molecule has 144 valence electrons. The summed E-state index contributed by atoms with van der Waals surface area (Å²) >= 11 is 0. The lowest BCUT2D eigenvalue weighted by atomic mass is 9.72. The first-order chi connectivity index (χ1) is 11.4. The zero-order chi connectivity index (χ0) is 18.3. The van der Waals surface area contributed by atoms with Gasteiger partial charge in [0.25, 0.3) is 0 Å². The van der Waals surface area contributed by atoms with Gasteiger partial charge in [0.05, 0.1) is 18.8 Å². The number of rotatable bonds is 10. The van der Waals surface area contributed by atoms with Crippen LogP contribution in [0.5, 0.6) is 0 Å². The lowest BCUT2D eigenvalue weighted by molar-refractivity contribution is -0.273. The molecular weight excluding hydrogens is 308 g/mol. The minimum absolute atomic E-state index is 0.00394. The summed E-state index contributed by atoms with van der Waals surface area (Å²) in [6.07, 6.45) is 1.57. The average molecular weight is 347 g/mol. The topological polar surface area (TPSA) is 79.2 Å². The van der Waals surface area contributed by atoms with Crippen molar-refractivity contribution in [3.8, 4) is 0 Å². The van der Waals surface area contributed by atoms with E-state index >= 15 is 0 Å². The van der Waals surface area contributed by atoms with Gasteiger partial charge in [-0.1, -0.05) is 47.5 Å². The highest BCUT2D eigenvalue weighted by Crippen LogP contribution is 2.40. The van der Waals surface area contributed by atoms with Crippen LogP contribution in [0.4, 0.5) is 0 Å². The molecule has 7 atom stereocenters. The molecule has 1 aliphatic rings. The Balaban J connectivity index is 2.95. The second-order valence-corrected chi connectivity index (χ2v) is 7.44. The minimum Gasteiger partial charge on any atom is -0.394 e. The average Bonchev–Trinajstić information content (AvgIpc) is 2.58. The fraction of sp³-hybridized carbons (Fsp3) is 1.00. The number of ether oxygens (including phenoxy) is 2. The molecule has 0 radical (unpaired) electrons. The van der Waals surface area contributed by atoms with Crippen molar-refractivity contribution in [2.75, 3.05) is 6.61 Å². The molecule has 0 aromatic carbocycles. The largest absolute Gasteiger partial charge is 0.394 e. The number of hydrogen-bond acceptors (Lipinski definition) is 5. The van der Waals surface area contributed by atoms with Crippen LogP contribution in [-0.4, -0.2) is 58.6 Å². The second kappa shape index (κ2) is 10.1. The van der Waals surface area contributed by atoms with Gasteiger partial charge >= 0.3 is 0 Å². The van der Waals surface area contributed by atoms with Gasteiger partial charge in [-0.3, -0.25) is 0 Å². The molecule has 3 N–H and O–H groups in total. The zero-order valence-electron chi connectivity index (χ0n) is 16.1. The molecule has 0 bridgehead atoms. The van der Waals surface area contributed by atoms with Crippen LogP contribution in [0.2, 0.25) is 0 Å². The van der Waals surface area contributed by atoms with E-state index in [-0.39, 0.29) is 18.1 Å². The second-order valence-electron chi connectivity index (χ2n) is 7.44. The van der Waals surface area contributed by atoms with E-state index in [1.165, 1.54) is 0 Å². The molecule has 0 spiro atoms. The zero-order valence-corrected chi connectivity index (χ0v) is 16.1. The fourth-order valence-electron chi connectivity index (χ4n) is 3.84. The summed E-state index contributed by atoms with van der Waals surface area (Å²) in [5.74, 6) is 0. The predicted octanol–water partition coefficient (Wildman–Crippen LogP) is 2.65. The molecule has 5 nitrogen and oxygen atoms in total. The van der Waals surface area contributed by atoms with Crippen molar-refractivity contribution in [1.29, 1.82) is 0 Å². The third-order valence-electron chi connectivity index (χ3n) is 5.60. The van der Waals surface area contributed by atoms with Crippen LogP contribution >= 0.6 is 0 Å². The first-order valence-electron chi connectivity index (χ1n) is 9.66. The molecule has 1 rings (SSSR count). The van der Waals surface area contributed by atoms with Crippen molar-refractivity contribution in [2.45, 2.75) is 110 Å². The first-order valence-corrected chi connectivity index (χ1v) is 9.66. The van der Waals surface area contributed by atoms with E-state index in [2.05, 4.69) is 27.7 Å². The van der Waals surface area contributed by atoms with Gasteiger partial charge in [-0.2, -0.15) is 0 Å². The van der Waals surface area contributed by atoms with Crippen LogP contribution in [0.25, 0.3) is 0 Å². The third-order valence-corrected chi connectivity index (χ3v) is 5.60. The summed E-state index contributed by atoms with van der Waals surface area (Å²) < 4.78 is 12.1. The van der Waals surface area contributed by atoms with E-state index in [4.69, 9.17) is 9.47 Å². The van der Waals surface area contributed by atoms with Gasteiger partial charge in [0.2, 0.25) is 0 Å². The van der Waals surface area contributed by atoms with Crippen LogP contribution in [0, 0.1) is 5.41 Å². The van der Waals surface area contributed by atoms with Crippen molar-refractivity contribution in [3.05, 3.63) is 0 Å². The summed E-state index contributed by atoms with van der Waals surface area (Å²) in [6.45, 7) is 10.2. The summed E-state index contributed by atoms with van der Waals surface area (Å²) in [5, 5.41) is 31.1. The molecule has 7 unspecified atom stereocenters. The molecular formula is C19H38O5. The van der Waals surface area contributed by atoms with Gasteiger partial charge in [0.15, 0.2) is 0 Å². The van der Waals surface area contributed by atoms with Crippen molar-refractivity contribution >= 4 is 0 Å². The SMILES string of the molecule is CCCC(CC)OC1C(CO)OC(C(C)(CC)CCC)C(O)C1O. The third kappa shape index (κ3) is 4.92. The quantitative estimate of drug-likeness (QED) is 0.567. The molecule has 0 aromatic rings. The molecule has 0 aromatic heterocycles. The van der Waals surface area contributed by atoms with E-state index in [0.717, 1.165) is 38.5 Å². The molecule has 0 amide bonds. The standard InChI is InChI=1S/C19H38O5/c1-6-10-13(8-3)23-17-14(12-20)24-18(16(22)15(17)21)19(5,9-4)11-7-2/h13-18,20-22H,6-12H2,1-5H3. The highest BCUT2D eigenvalue weighted by atomic mass is 16.6. The minimum atomic E-state index is -1.05. The number of aliphatic hydroxyl groups excluding tert-OH is 3. The molecule has 1 saturated heterocycles. The summed E-state index contributed by atoms with van der Waals surface area (Å²) in [4.78, 5) is 0.